The number of fused-ring (bicyclic) bond motifs is 1. The van der Waals surface area contributed by atoms with Gasteiger partial charge in [0, 0.05) is 32.2 Å². The third kappa shape index (κ3) is 3.96. The lowest BCUT2D eigenvalue weighted by Crippen LogP contribution is -2.46. The predicted octanol–water partition coefficient (Wildman–Crippen LogP) is 2.44. The van der Waals surface area contributed by atoms with Crippen molar-refractivity contribution < 1.29 is 9.47 Å². The normalized spacial score (nSPS) is 25.9. The number of aromatic nitrogens is 3. The summed E-state index contributed by atoms with van der Waals surface area (Å²) in [5, 5.41) is 4.55. The molecule has 4 heterocycles. The average Bonchev–Trinajstić information content (AvgIpc) is 2.69. The Labute approximate surface area is 171 Å². The molecule has 8 nitrogen and oxygen atoms in total. The Morgan fingerprint density at radius 1 is 0.966 bits per heavy atom. The molecule has 2 aromatic heterocycles. The van der Waals surface area contributed by atoms with Crippen molar-refractivity contribution in [1.82, 2.24) is 15.0 Å². The van der Waals surface area contributed by atoms with Gasteiger partial charge in [0.2, 0.25) is 5.95 Å². The molecule has 0 amide bonds. The minimum Gasteiger partial charge on any atom is -0.378 e. The van der Waals surface area contributed by atoms with Gasteiger partial charge in [-0.25, -0.2) is 4.98 Å². The summed E-state index contributed by atoms with van der Waals surface area (Å²) in [6.07, 6.45) is 4.05. The van der Waals surface area contributed by atoms with E-state index in [1.807, 2.05) is 0 Å². The van der Waals surface area contributed by atoms with E-state index in [1.54, 1.807) is 0 Å². The van der Waals surface area contributed by atoms with Crippen LogP contribution >= 0.6 is 0 Å². The minimum absolute atomic E-state index is 0.157. The molecule has 2 aromatic rings. The maximum absolute atomic E-state index is 5.90. The molecule has 1 aliphatic carbocycles. The molecule has 0 aromatic carbocycles. The van der Waals surface area contributed by atoms with Gasteiger partial charge in [-0.2, -0.15) is 9.97 Å². The summed E-state index contributed by atoms with van der Waals surface area (Å²) in [6, 6.07) is 4.72. The highest BCUT2D eigenvalue weighted by Gasteiger charge is 2.27. The van der Waals surface area contributed by atoms with Crippen LogP contribution in [0.2, 0.25) is 0 Å². The van der Waals surface area contributed by atoms with Crippen LogP contribution in [0.3, 0.4) is 0 Å². The van der Waals surface area contributed by atoms with E-state index in [1.165, 1.54) is 19.3 Å². The highest BCUT2D eigenvalue weighted by molar-refractivity contribution is 5.89. The van der Waals surface area contributed by atoms with Crippen molar-refractivity contribution in [2.24, 2.45) is 0 Å². The third-order valence-electron chi connectivity index (χ3n) is 6.00. The van der Waals surface area contributed by atoms with Gasteiger partial charge < -0.3 is 24.6 Å². The second-order valence-electron chi connectivity index (χ2n) is 8.45. The van der Waals surface area contributed by atoms with Gasteiger partial charge in [0.25, 0.3) is 0 Å². The lowest BCUT2D eigenvalue weighted by Gasteiger charge is -2.36. The SMILES string of the molecule is CC1CN(c2nc(N3CCOCC3)c3ccc(NC4CCC4)nc3n2)CC(C)O1. The number of rotatable bonds is 4. The molecule has 1 N–H and O–H groups in total. The second kappa shape index (κ2) is 7.91. The molecule has 1 saturated carbocycles. The van der Waals surface area contributed by atoms with Crippen LogP contribution in [0.15, 0.2) is 12.1 Å². The van der Waals surface area contributed by atoms with Gasteiger partial charge in [0.05, 0.1) is 30.8 Å². The van der Waals surface area contributed by atoms with E-state index in [0.29, 0.717) is 6.04 Å². The number of nitrogens with zero attached hydrogens (tertiary/aromatic N) is 5. The van der Waals surface area contributed by atoms with Gasteiger partial charge in [0.15, 0.2) is 5.65 Å². The first-order chi connectivity index (χ1) is 14.2. The fourth-order valence-corrected chi connectivity index (χ4v) is 4.32. The zero-order chi connectivity index (χ0) is 19.8. The van der Waals surface area contributed by atoms with Gasteiger partial charge in [-0.1, -0.05) is 0 Å². The fraction of sp³-hybridized carbons (Fsp3) is 0.667. The molecule has 29 heavy (non-hydrogen) atoms. The van der Waals surface area contributed by atoms with Crippen molar-refractivity contribution in [2.45, 2.75) is 51.4 Å². The zero-order valence-corrected chi connectivity index (χ0v) is 17.3. The number of anilines is 3. The van der Waals surface area contributed by atoms with E-state index < -0.39 is 0 Å². The molecule has 8 heteroatoms. The molecule has 2 unspecified atom stereocenters. The number of morpholine rings is 2. The summed E-state index contributed by atoms with van der Waals surface area (Å²) in [6.45, 7) is 8.91. The largest absolute Gasteiger partial charge is 0.378 e. The van der Waals surface area contributed by atoms with E-state index in [2.05, 4.69) is 41.1 Å². The van der Waals surface area contributed by atoms with Crippen LogP contribution in [0.25, 0.3) is 11.0 Å². The first-order valence-corrected chi connectivity index (χ1v) is 10.8. The lowest BCUT2D eigenvalue weighted by atomic mass is 9.93. The van der Waals surface area contributed by atoms with Crippen LogP contribution in [-0.2, 0) is 9.47 Å². The summed E-state index contributed by atoms with van der Waals surface area (Å²) in [4.78, 5) is 19.3. The van der Waals surface area contributed by atoms with Crippen molar-refractivity contribution in [1.29, 1.82) is 0 Å². The summed E-state index contributed by atoms with van der Waals surface area (Å²) < 4.78 is 11.5. The van der Waals surface area contributed by atoms with Gasteiger partial charge in [-0.05, 0) is 45.2 Å². The van der Waals surface area contributed by atoms with E-state index >= 15 is 0 Å². The Bertz CT molecular complexity index is 858. The van der Waals surface area contributed by atoms with Gasteiger partial charge in [-0.3, -0.25) is 0 Å². The molecule has 0 spiro atoms. The molecule has 5 rings (SSSR count). The quantitative estimate of drug-likeness (QED) is 0.842. The van der Waals surface area contributed by atoms with Crippen molar-refractivity contribution in [2.75, 3.05) is 54.5 Å². The van der Waals surface area contributed by atoms with Crippen LogP contribution in [0.4, 0.5) is 17.6 Å². The Balaban J connectivity index is 1.54. The Morgan fingerprint density at radius 2 is 1.72 bits per heavy atom. The van der Waals surface area contributed by atoms with E-state index in [9.17, 15) is 0 Å². The van der Waals surface area contributed by atoms with E-state index in [4.69, 9.17) is 24.4 Å². The zero-order valence-electron chi connectivity index (χ0n) is 17.3. The Hall–Kier alpha value is -2.19. The molecule has 0 bridgehead atoms. The highest BCUT2D eigenvalue weighted by Crippen LogP contribution is 2.30. The van der Waals surface area contributed by atoms with Crippen molar-refractivity contribution in [3.8, 4) is 0 Å². The Morgan fingerprint density at radius 3 is 2.41 bits per heavy atom. The van der Waals surface area contributed by atoms with Gasteiger partial charge in [-0.15, -0.1) is 0 Å². The number of hydrogen-bond acceptors (Lipinski definition) is 8. The van der Waals surface area contributed by atoms with Crippen LogP contribution in [0, 0.1) is 0 Å². The maximum atomic E-state index is 5.90. The Kier molecular flexibility index (Phi) is 5.13. The summed E-state index contributed by atoms with van der Waals surface area (Å²) in [5.74, 6) is 2.61. The van der Waals surface area contributed by atoms with Crippen molar-refractivity contribution in [3.05, 3.63) is 12.1 Å². The first-order valence-electron chi connectivity index (χ1n) is 10.8. The fourth-order valence-electron chi connectivity index (χ4n) is 4.32. The van der Waals surface area contributed by atoms with Gasteiger partial charge in [0.1, 0.15) is 11.6 Å². The monoisotopic (exact) mass is 398 g/mol. The molecule has 3 aliphatic rings. The molecule has 3 fully saturated rings. The molecular formula is C21H30N6O2. The number of hydrogen-bond donors (Lipinski definition) is 1. The lowest BCUT2D eigenvalue weighted by molar-refractivity contribution is -0.00570. The van der Waals surface area contributed by atoms with Gasteiger partial charge >= 0.3 is 0 Å². The van der Waals surface area contributed by atoms with Crippen LogP contribution in [0.1, 0.15) is 33.1 Å². The minimum atomic E-state index is 0.157. The molecule has 156 valence electrons. The number of nitrogens with one attached hydrogen (secondary N) is 1. The van der Waals surface area contributed by atoms with Crippen LogP contribution < -0.4 is 15.1 Å². The highest BCUT2D eigenvalue weighted by atomic mass is 16.5. The third-order valence-corrected chi connectivity index (χ3v) is 6.00. The van der Waals surface area contributed by atoms with E-state index in [0.717, 1.165) is 68.0 Å². The molecular weight excluding hydrogens is 368 g/mol. The standard InChI is InChI=1S/C21H30N6O2/c1-14-12-27(13-15(2)29-14)21-24-19-17(20(25-21)26-8-10-28-11-9-26)6-7-18(23-19)22-16-4-3-5-16/h6-7,14-16H,3-5,8-13H2,1-2H3,(H,22,23,24,25). The summed E-state index contributed by atoms with van der Waals surface area (Å²) in [7, 11) is 0. The molecule has 2 saturated heterocycles. The van der Waals surface area contributed by atoms with E-state index in [-0.39, 0.29) is 12.2 Å². The first kappa shape index (κ1) is 18.8. The maximum Gasteiger partial charge on any atom is 0.229 e. The molecule has 2 atom stereocenters. The van der Waals surface area contributed by atoms with Crippen LogP contribution in [-0.4, -0.2) is 72.6 Å². The van der Waals surface area contributed by atoms with Crippen molar-refractivity contribution >= 4 is 28.6 Å². The summed E-state index contributed by atoms with van der Waals surface area (Å²) >= 11 is 0. The average molecular weight is 399 g/mol. The predicted molar refractivity (Wildman–Crippen MR) is 114 cm³/mol. The smallest absolute Gasteiger partial charge is 0.229 e. The van der Waals surface area contributed by atoms with Crippen LogP contribution in [0.5, 0.6) is 0 Å². The summed E-state index contributed by atoms with van der Waals surface area (Å²) in [5.41, 5.74) is 0.757. The van der Waals surface area contributed by atoms with Crippen molar-refractivity contribution in [3.63, 3.8) is 0 Å². The molecule has 2 aliphatic heterocycles. The second-order valence-corrected chi connectivity index (χ2v) is 8.45. The number of pyridine rings is 1. The number of ether oxygens (including phenoxy) is 2. The topological polar surface area (TPSA) is 75.6 Å². The molecule has 0 radical (unpaired) electrons.